The molecule has 0 saturated carbocycles. The highest BCUT2D eigenvalue weighted by Crippen LogP contribution is 2.27. The maximum Gasteiger partial charge on any atom is 0.279 e. The van der Waals surface area contributed by atoms with Crippen molar-refractivity contribution in [2.75, 3.05) is 13.1 Å². The second-order valence-electron chi connectivity index (χ2n) is 8.55. The van der Waals surface area contributed by atoms with Gasteiger partial charge in [0.1, 0.15) is 4.60 Å². The lowest BCUT2D eigenvalue weighted by atomic mass is 9.90. The summed E-state index contributed by atoms with van der Waals surface area (Å²) in [6.45, 7) is 3.23. The lowest BCUT2D eigenvalue weighted by Gasteiger charge is -2.38. The van der Waals surface area contributed by atoms with Crippen LogP contribution in [0.3, 0.4) is 0 Å². The Balaban J connectivity index is 1.40. The highest BCUT2D eigenvalue weighted by Gasteiger charge is 2.35. The van der Waals surface area contributed by atoms with Gasteiger partial charge in [0, 0.05) is 38.1 Å². The molecule has 0 bridgehead atoms. The van der Waals surface area contributed by atoms with Gasteiger partial charge < -0.3 is 14.6 Å². The Morgan fingerprint density at radius 3 is 2.58 bits per heavy atom. The number of aromatic nitrogens is 3. The van der Waals surface area contributed by atoms with Gasteiger partial charge in [-0.15, -0.1) is 0 Å². The van der Waals surface area contributed by atoms with Crippen LogP contribution in [0.5, 0.6) is 0 Å². The zero-order chi connectivity index (χ0) is 22.2. The Morgan fingerprint density at radius 2 is 1.90 bits per heavy atom. The number of carbonyl (C=O) groups excluding carboxylic acids is 1. The second-order valence-corrected chi connectivity index (χ2v) is 9.30. The summed E-state index contributed by atoms with van der Waals surface area (Å²) in [6.07, 6.45) is 3.03. The smallest absolute Gasteiger partial charge is 0.279 e. The molecule has 0 spiro atoms. The van der Waals surface area contributed by atoms with Gasteiger partial charge in [0.15, 0.2) is 5.52 Å². The number of pyridine rings is 1. The first-order chi connectivity index (χ1) is 14.8. The molecule has 8 heteroatoms. The minimum atomic E-state index is -1.02. The molecule has 0 aliphatic carbocycles. The minimum absolute atomic E-state index is 0.107. The zero-order valence-corrected chi connectivity index (χ0v) is 19.4. The number of amides is 1. The number of carbonyl (C=O) groups is 1. The molecule has 1 aliphatic rings. The van der Waals surface area contributed by atoms with E-state index < -0.39 is 5.60 Å². The van der Waals surface area contributed by atoms with Crippen molar-refractivity contribution in [3.63, 3.8) is 0 Å². The van der Waals surface area contributed by atoms with E-state index in [1.165, 1.54) is 4.57 Å². The standard InChI is InChI=1S/C23H27BrN4O3/c1-16(17-6-4-3-5-7-17)14-19(29)27-12-9-23(31,10-13-27)15-28-11-8-18-20(22(28)30)25-26(2)21(18)24/h3-8,11,16,31H,9-10,12-15H2,1-2H3/t16-/m1/s1. The van der Waals surface area contributed by atoms with Crippen LogP contribution in [0.1, 0.15) is 37.7 Å². The van der Waals surface area contributed by atoms with Gasteiger partial charge in [0.05, 0.1) is 12.1 Å². The lowest BCUT2D eigenvalue weighted by molar-refractivity contribution is -0.136. The predicted octanol–water partition coefficient (Wildman–Crippen LogP) is 3.04. The molecule has 1 fully saturated rings. The van der Waals surface area contributed by atoms with Gasteiger partial charge in [-0.05, 0) is 46.3 Å². The zero-order valence-electron chi connectivity index (χ0n) is 17.8. The highest BCUT2D eigenvalue weighted by atomic mass is 79.9. The van der Waals surface area contributed by atoms with Crippen LogP contribution in [-0.2, 0) is 18.4 Å². The van der Waals surface area contributed by atoms with Crippen molar-refractivity contribution < 1.29 is 9.90 Å². The van der Waals surface area contributed by atoms with Crippen molar-refractivity contribution in [3.8, 4) is 0 Å². The number of halogens is 1. The number of likely N-dealkylation sites (tertiary alicyclic amines) is 1. The van der Waals surface area contributed by atoms with Gasteiger partial charge in [-0.3, -0.25) is 14.3 Å². The van der Waals surface area contributed by atoms with Crippen LogP contribution in [0.25, 0.3) is 10.9 Å². The molecular weight excluding hydrogens is 460 g/mol. The van der Waals surface area contributed by atoms with Gasteiger partial charge in [-0.2, -0.15) is 5.10 Å². The van der Waals surface area contributed by atoms with E-state index in [4.69, 9.17) is 0 Å². The molecule has 1 amide bonds. The third kappa shape index (κ3) is 4.45. The third-order valence-electron chi connectivity index (χ3n) is 6.26. The summed E-state index contributed by atoms with van der Waals surface area (Å²) in [7, 11) is 1.77. The summed E-state index contributed by atoms with van der Waals surface area (Å²) >= 11 is 3.44. The molecule has 1 aliphatic heterocycles. The summed E-state index contributed by atoms with van der Waals surface area (Å²) in [4.78, 5) is 27.4. The molecule has 1 N–H and O–H groups in total. The molecule has 2 aromatic heterocycles. The first-order valence-corrected chi connectivity index (χ1v) is 11.3. The van der Waals surface area contributed by atoms with E-state index in [0.29, 0.717) is 37.9 Å². The molecular formula is C23H27BrN4O3. The van der Waals surface area contributed by atoms with Crippen LogP contribution in [0, 0.1) is 0 Å². The number of hydrogen-bond acceptors (Lipinski definition) is 4. The molecule has 1 saturated heterocycles. The fraction of sp³-hybridized carbons (Fsp3) is 0.435. The molecule has 164 valence electrons. The highest BCUT2D eigenvalue weighted by molar-refractivity contribution is 9.10. The minimum Gasteiger partial charge on any atom is -0.388 e. The molecule has 3 aromatic rings. The topological polar surface area (TPSA) is 80.4 Å². The van der Waals surface area contributed by atoms with Crippen LogP contribution in [0.2, 0.25) is 0 Å². The van der Waals surface area contributed by atoms with E-state index in [0.717, 1.165) is 15.6 Å². The summed E-state index contributed by atoms with van der Waals surface area (Å²) in [6, 6.07) is 11.9. The Labute approximate surface area is 189 Å². The van der Waals surface area contributed by atoms with Gasteiger partial charge in [0.2, 0.25) is 5.91 Å². The van der Waals surface area contributed by atoms with Crippen LogP contribution in [-0.4, -0.2) is 49.0 Å². The maximum atomic E-state index is 12.8. The Bertz CT molecular complexity index is 1150. The first kappa shape index (κ1) is 21.8. The van der Waals surface area contributed by atoms with Crippen LogP contribution < -0.4 is 5.56 Å². The van der Waals surface area contributed by atoms with Crippen molar-refractivity contribution >= 4 is 32.7 Å². The molecule has 7 nitrogen and oxygen atoms in total. The summed E-state index contributed by atoms with van der Waals surface area (Å²) in [5.74, 6) is 0.257. The molecule has 3 heterocycles. The summed E-state index contributed by atoms with van der Waals surface area (Å²) in [5.41, 5.74) is 0.288. The molecule has 1 aromatic carbocycles. The fourth-order valence-electron chi connectivity index (χ4n) is 4.26. The van der Waals surface area contributed by atoms with Gasteiger partial charge in [-0.25, -0.2) is 0 Å². The second kappa shape index (κ2) is 8.59. The van der Waals surface area contributed by atoms with Crippen molar-refractivity contribution in [3.05, 3.63) is 63.1 Å². The lowest BCUT2D eigenvalue weighted by Crippen LogP contribution is -2.49. The first-order valence-electron chi connectivity index (χ1n) is 10.5. The Morgan fingerprint density at radius 1 is 1.23 bits per heavy atom. The van der Waals surface area contributed by atoms with Gasteiger partial charge in [0.25, 0.3) is 5.56 Å². The number of fused-ring (bicyclic) bond motifs is 1. The number of benzene rings is 1. The summed E-state index contributed by atoms with van der Waals surface area (Å²) in [5, 5.41) is 16.1. The van der Waals surface area contributed by atoms with E-state index in [-0.39, 0.29) is 23.9 Å². The predicted molar refractivity (Wildman–Crippen MR) is 123 cm³/mol. The largest absolute Gasteiger partial charge is 0.388 e. The van der Waals surface area contributed by atoms with E-state index >= 15 is 0 Å². The molecule has 4 rings (SSSR count). The number of hydrogen-bond donors (Lipinski definition) is 1. The van der Waals surface area contributed by atoms with Crippen LogP contribution in [0.4, 0.5) is 0 Å². The normalized spacial score (nSPS) is 17.1. The van der Waals surface area contributed by atoms with E-state index in [1.54, 1.807) is 17.9 Å². The van der Waals surface area contributed by atoms with Crippen LogP contribution in [0.15, 0.2) is 52.0 Å². The van der Waals surface area contributed by atoms with E-state index in [9.17, 15) is 14.7 Å². The number of aryl methyl sites for hydroxylation is 1. The summed E-state index contributed by atoms with van der Waals surface area (Å²) < 4.78 is 3.89. The molecule has 0 unspecified atom stereocenters. The average Bonchev–Trinajstić information content (AvgIpc) is 3.05. The number of piperidine rings is 1. The van der Waals surface area contributed by atoms with E-state index in [2.05, 4.69) is 28.0 Å². The monoisotopic (exact) mass is 486 g/mol. The van der Waals surface area contributed by atoms with Gasteiger partial charge in [-0.1, -0.05) is 37.3 Å². The fourth-order valence-corrected chi connectivity index (χ4v) is 4.66. The maximum absolute atomic E-state index is 12.8. The third-order valence-corrected chi connectivity index (χ3v) is 7.20. The SMILES string of the molecule is C[C@H](CC(=O)N1CCC(O)(Cn2ccc3c(Br)n(C)nc3c2=O)CC1)c1ccccc1. The number of nitrogens with zero attached hydrogens (tertiary/aromatic N) is 4. The van der Waals surface area contributed by atoms with Crippen molar-refractivity contribution in [2.24, 2.45) is 7.05 Å². The van der Waals surface area contributed by atoms with Crippen molar-refractivity contribution in [1.29, 1.82) is 0 Å². The average molecular weight is 487 g/mol. The van der Waals surface area contributed by atoms with Gasteiger partial charge >= 0.3 is 0 Å². The van der Waals surface area contributed by atoms with Crippen molar-refractivity contribution in [1.82, 2.24) is 19.2 Å². The molecule has 0 radical (unpaired) electrons. The van der Waals surface area contributed by atoms with Crippen molar-refractivity contribution in [2.45, 2.75) is 44.2 Å². The van der Waals surface area contributed by atoms with Crippen LogP contribution >= 0.6 is 15.9 Å². The molecule has 1 atom stereocenters. The Hall–Kier alpha value is -2.45. The number of rotatable bonds is 5. The Kier molecular flexibility index (Phi) is 6.03. The quantitative estimate of drug-likeness (QED) is 0.600. The number of aliphatic hydroxyl groups is 1. The molecule has 31 heavy (non-hydrogen) atoms. The van der Waals surface area contributed by atoms with E-state index in [1.807, 2.05) is 41.3 Å².